The molecule has 1 aromatic carbocycles. The lowest BCUT2D eigenvalue weighted by Gasteiger charge is -2.80. The van der Waals surface area contributed by atoms with Crippen LogP contribution in [0.1, 0.15) is 53.3 Å². The van der Waals surface area contributed by atoms with E-state index < -0.39 is 38.9 Å². The van der Waals surface area contributed by atoms with Gasteiger partial charge in [0.2, 0.25) is 16.0 Å². The average molecular weight is 661 g/mol. The van der Waals surface area contributed by atoms with Gasteiger partial charge in [-0.05, 0) is 49.7 Å². The summed E-state index contributed by atoms with van der Waals surface area (Å²) in [5, 5.41) is 27.5. The summed E-state index contributed by atoms with van der Waals surface area (Å²) in [6, 6.07) is 14.7. The minimum atomic E-state index is -4.24. The lowest BCUT2D eigenvalue weighted by molar-refractivity contribution is -0.367. The molecule has 4 heterocycles. The Balaban J connectivity index is 1.06. The number of aromatic nitrogens is 3. The number of allylic oxidation sites excluding steroid dienone is 1. The van der Waals surface area contributed by atoms with Crippen molar-refractivity contribution in [1.82, 2.24) is 19.4 Å². The molecule has 4 aliphatic rings. The van der Waals surface area contributed by atoms with E-state index >= 15 is 0 Å². The third kappa shape index (κ3) is 3.94. The molecule has 1 aliphatic heterocycles. The SMILES string of the molecule is N#Cc1cc(NC(=O)c2c(Cl)c(S(=O)(=O)NC3C4CCC45C3C[C@]5(O)c3cc(-c4ccccc4)on3)c3n2CCC=C3)cc(F)n1. The van der Waals surface area contributed by atoms with Crippen molar-refractivity contribution in [3.63, 3.8) is 0 Å². The number of carbonyl (C=O) groups excluding carboxylic acids is 1. The fourth-order valence-electron chi connectivity index (χ4n) is 8.20. The second-order valence-corrected chi connectivity index (χ2v) is 14.3. The van der Waals surface area contributed by atoms with Crippen molar-refractivity contribution < 1.29 is 27.2 Å². The number of nitrogens with zero attached hydrogens (tertiary/aromatic N) is 4. The van der Waals surface area contributed by atoms with Crippen molar-refractivity contribution in [2.75, 3.05) is 5.32 Å². The molecule has 234 valence electrons. The maximum Gasteiger partial charge on any atom is 0.273 e. The van der Waals surface area contributed by atoms with Gasteiger partial charge in [0.25, 0.3) is 5.91 Å². The Morgan fingerprint density at radius 3 is 2.74 bits per heavy atom. The predicted molar refractivity (Wildman–Crippen MR) is 163 cm³/mol. The number of benzene rings is 1. The third-order valence-electron chi connectivity index (χ3n) is 10.3. The second kappa shape index (κ2) is 10.1. The zero-order valence-corrected chi connectivity index (χ0v) is 25.6. The van der Waals surface area contributed by atoms with E-state index in [1.54, 1.807) is 24.3 Å². The van der Waals surface area contributed by atoms with E-state index in [1.165, 1.54) is 10.6 Å². The zero-order valence-electron chi connectivity index (χ0n) is 24.1. The number of nitrogens with one attached hydrogen (secondary N) is 2. The quantitative estimate of drug-likeness (QED) is 0.237. The van der Waals surface area contributed by atoms with Crippen molar-refractivity contribution in [3.05, 3.63) is 88.4 Å². The Bertz CT molecular complexity index is 2120. The third-order valence-corrected chi connectivity index (χ3v) is 12.3. The lowest BCUT2D eigenvalue weighted by atomic mass is 9.26. The molecule has 11 nitrogen and oxygen atoms in total. The summed E-state index contributed by atoms with van der Waals surface area (Å²) in [5.74, 6) is -1.39. The van der Waals surface area contributed by atoms with Crippen LogP contribution in [0.25, 0.3) is 17.4 Å². The molecule has 1 amide bonds. The van der Waals surface area contributed by atoms with Gasteiger partial charge in [-0.15, -0.1) is 0 Å². The molecule has 3 aliphatic carbocycles. The number of hydrogen-bond acceptors (Lipinski definition) is 8. The van der Waals surface area contributed by atoms with Gasteiger partial charge in [0.1, 0.15) is 33.6 Å². The van der Waals surface area contributed by atoms with Crippen molar-refractivity contribution >= 4 is 39.3 Å². The number of sulfonamides is 1. The van der Waals surface area contributed by atoms with Gasteiger partial charge in [0.05, 0.1) is 10.7 Å². The van der Waals surface area contributed by atoms with Gasteiger partial charge in [0, 0.05) is 41.4 Å². The van der Waals surface area contributed by atoms with Gasteiger partial charge in [-0.2, -0.15) is 9.65 Å². The standard InChI is InChI=1S/C32H26ClFN6O5S/c33-26-28(30(41)37-18-12-19(16-35)36-25(34)13-18)40-11-5-4-8-22(40)29(26)46(43,44)39-27-20-9-10-31(20)21(27)15-32(31,42)24-14-23(45-38-24)17-6-2-1-3-7-17/h1-4,6-8,12-14,20-21,27,39,42H,5,9-11,15H2,(H,36,37,41)/t20?,21?,27?,31?,32-/m0/s1. The van der Waals surface area contributed by atoms with Gasteiger partial charge in [-0.25, -0.2) is 18.1 Å². The molecule has 0 saturated heterocycles. The molecule has 4 unspecified atom stereocenters. The first-order chi connectivity index (χ1) is 22.1. The fraction of sp³-hybridized carbons (Fsp3) is 0.312. The number of nitriles is 1. The summed E-state index contributed by atoms with van der Waals surface area (Å²) in [6.45, 7) is 0.297. The summed E-state index contributed by atoms with van der Waals surface area (Å²) in [5.41, 5.74) is -0.516. The van der Waals surface area contributed by atoms with Crippen LogP contribution in [0, 0.1) is 34.5 Å². The minimum absolute atomic E-state index is 0.0224. The maximum absolute atomic E-state index is 14.0. The number of hydrogen-bond donors (Lipinski definition) is 3. The van der Waals surface area contributed by atoms with Gasteiger partial charge < -0.3 is 19.5 Å². The molecule has 14 heteroatoms. The Morgan fingerprint density at radius 2 is 2.02 bits per heavy atom. The molecular weight excluding hydrogens is 635 g/mol. The molecule has 1 spiro atoms. The van der Waals surface area contributed by atoms with Crippen LogP contribution in [-0.4, -0.2) is 40.2 Å². The smallest absolute Gasteiger partial charge is 0.273 e. The Kier molecular flexibility index (Phi) is 6.37. The molecular formula is C32H26ClFN6O5S. The molecule has 5 atom stereocenters. The van der Waals surface area contributed by atoms with Crippen molar-refractivity contribution in [2.45, 2.75) is 48.8 Å². The van der Waals surface area contributed by atoms with Crippen molar-refractivity contribution in [3.8, 4) is 17.4 Å². The highest BCUT2D eigenvalue weighted by molar-refractivity contribution is 7.89. The summed E-state index contributed by atoms with van der Waals surface area (Å²) >= 11 is 6.70. The predicted octanol–water partition coefficient (Wildman–Crippen LogP) is 4.84. The number of anilines is 1. The van der Waals surface area contributed by atoms with Crippen LogP contribution in [0.4, 0.5) is 10.1 Å². The Hall–Kier alpha value is -4.35. The number of pyridine rings is 1. The molecule has 3 saturated carbocycles. The maximum atomic E-state index is 14.0. The van der Waals surface area contributed by atoms with Crippen LogP contribution in [0.2, 0.25) is 5.02 Å². The van der Waals surface area contributed by atoms with Crippen LogP contribution in [0.5, 0.6) is 0 Å². The van der Waals surface area contributed by atoms with Gasteiger partial charge in [0.15, 0.2) is 5.76 Å². The van der Waals surface area contributed by atoms with Gasteiger partial charge in [-0.1, -0.05) is 53.2 Å². The highest BCUT2D eigenvalue weighted by Crippen LogP contribution is 2.81. The first-order valence-corrected chi connectivity index (χ1v) is 16.7. The summed E-state index contributed by atoms with van der Waals surface area (Å²) in [6.07, 6.45) is 5.75. The minimum Gasteiger partial charge on any atom is -0.383 e. The molecule has 0 radical (unpaired) electrons. The monoisotopic (exact) mass is 660 g/mol. The lowest BCUT2D eigenvalue weighted by Crippen LogP contribution is -2.84. The highest BCUT2D eigenvalue weighted by atomic mass is 35.5. The summed E-state index contributed by atoms with van der Waals surface area (Å²) in [4.78, 5) is 16.7. The number of fused-ring (bicyclic) bond motifs is 1. The summed E-state index contributed by atoms with van der Waals surface area (Å²) in [7, 11) is -4.24. The first kappa shape index (κ1) is 29.1. The molecule has 3 N–H and O–H groups in total. The number of rotatable bonds is 7. The number of amides is 1. The normalized spacial score (nSPS) is 27.2. The molecule has 46 heavy (non-hydrogen) atoms. The van der Waals surface area contributed by atoms with E-state index in [9.17, 15) is 22.7 Å². The number of aliphatic hydroxyl groups is 1. The van der Waals surface area contributed by atoms with Crippen molar-refractivity contribution in [2.24, 2.45) is 17.3 Å². The Labute approximate surface area is 267 Å². The molecule has 3 fully saturated rings. The van der Waals surface area contributed by atoms with Gasteiger partial charge in [-0.3, -0.25) is 4.79 Å². The van der Waals surface area contributed by atoms with Crippen LogP contribution < -0.4 is 10.0 Å². The van der Waals surface area contributed by atoms with Crippen LogP contribution >= 0.6 is 11.6 Å². The molecule has 8 rings (SSSR count). The molecule has 3 aromatic heterocycles. The van der Waals surface area contributed by atoms with E-state index in [1.807, 2.05) is 30.3 Å². The van der Waals surface area contributed by atoms with Crippen LogP contribution in [0.15, 0.2) is 64.0 Å². The second-order valence-electron chi connectivity index (χ2n) is 12.3. The van der Waals surface area contributed by atoms with Crippen LogP contribution in [0.3, 0.4) is 0 Å². The highest BCUT2D eigenvalue weighted by Gasteiger charge is 2.83. The zero-order chi connectivity index (χ0) is 32.0. The van der Waals surface area contributed by atoms with E-state index in [2.05, 4.69) is 20.2 Å². The summed E-state index contributed by atoms with van der Waals surface area (Å²) < 4.78 is 52.0. The van der Waals surface area contributed by atoms with E-state index in [4.69, 9.17) is 21.4 Å². The van der Waals surface area contributed by atoms with E-state index in [-0.39, 0.29) is 44.5 Å². The molecule has 4 aromatic rings. The molecule has 0 bridgehead atoms. The van der Waals surface area contributed by atoms with E-state index in [0.717, 1.165) is 24.5 Å². The van der Waals surface area contributed by atoms with Crippen LogP contribution in [-0.2, 0) is 22.2 Å². The topological polar surface area (TPSA) is 163 Å². The average Bonchev–Trinajstić information content (AvgIpc) is 3.62. The van der Waals surface area contributed by atoms with Crippen molar-refractivity contribution in [1.29, 1.82) is 5.26 Å². The number of halogens is 2. The number of carbonyl (C=O) groups is 1. The fourth-order valence-corrected chi connectivity index (χ4v) is 10.4. The Morgan fingerprint density at radius 1 is 1.22 bits per heavy atom. The largest absolute Gasteiger partial charge is 0.383 e. The first-order valence-electron chi connectivity index (χ1n) is 14.8. The van der Waals surface area contributed by atoms with Gasteiger partial charge >= 0.3 is 0 Å². The van der Waals surface area contributed by atoms with E-state index in [0.29, 0.717) is 30.8 Å².